The highest BCUT2D eigenvalue weighted by atomic mass is 35.5. The second-order valence-electron chi connectivity index (χ2n) is 6.99. The van der Waals surface area contributed by atoms with Crippen molar-refractivity contribution in [2.45, 2.75) is 19.3 Å². The lowest BCUT2D eigenvalue weighted by Gasteiger charge is -2.32. The molecular formula is C20H23ClN2O3S. The number of sulfonamides is 1. The molecule has 1 heterocycles. The predicted octanol–water partition coefficient (Wildman–Crippen LogP) is 3.81. The number of halogens is 1. The average molecular weight is 407 g/mol. The van der Waals surface area contributed by atoms with Gasteiger partial charge in [-0.2, -0.15) is 0 Å². The number of carbonyl (C=O) groups is 1. The monoisotopic (exact) mass is 406 g/mol. The average Bonchev–Trinajstić information content (AvgIpc) is 2.61. The first kappa shape index (κ1) is 19.7. The van der Waals surface area contributed by atoms with Gasteiger partial charge in [-0.15, -0.1) is 0 Å². The molecule has 1 N–H and O–H groups in total. The Kier molecular flexibility index (Phi) is 6.07. The lowest BCUT2D eigenvalue weighted by molar-refractivity contribution is 0.0691. The first-order valence-corrected chi connectivity index (χ1v) is 11.2. The van der Waals surface area contributed by atoms with Gasteiger partial charge in [-0.1, -0.05) is 41.9 Å². The molecule has 1 aliphatic rings. The van der Waals surface area contributed by atoms with Crippen LogP contribution in [0.2, 0.25) is 5.02 Å². The molecule has 0 radical (unpaired) electrons. The molecule has 0 spiro atoms. The van der Waals surface area contributed by atoms with Crippen molar-refractivity contribution in [2.24, 2.45) is 5.92 Å². The summed E-state index contributed by atoms with van der Waals surface area (Å²) >= 11 is 6.23. The van der Waals surface area contributed by atoms with Crippen molar-refractivity contribution >= 4 is 33.2 Å². The van der Waals surface area contributed by atoms with Gasteiger partial charge in [0.25, 0.3) is 5.91 Å². The van der Waals surface area contributed by atoms with E-state index in [1.807, 2.05) is 11.0 Å². The molecule has 1 aliphatic heterocycles. The van der Waals surface area contributed by atoms with Crippen molar-refractivity contribution in [1.29, 1.82) is 0 Å². The third kappa shape index (κ3) is 5.47. The van der Waals surface area contributed by atoms with E-state index in [0.717, 1.165) is 25.5 Å². The number of nitrogens with zero attached hydrogens (tertiary/aromatic N) is 1. The second kappa shape index (κ2) is 8.31. The molecule has 0 aliphatic carbocycles. The van der Waals surface area contributed by atoms with E-state index < -0.39 is 10.0 Å². The maximum absolute atomic E-state index is 12.8. The van der Waals surface area contributed by atoms with Gasteiger partial charge in [0.05, 0.1) is 16.8 Å². The molecule has 0 aromatic heterocycles. The molecule has 0 saturated carbocycles. The normalized spacial score (nSPS) is 15.6. The summed E-state index contributed by atoms with van der Waals surface area (Å²) in [4.78, 5) is 14.6. The van der Waals surface area contributed by atoms with Crippen LogP contribution in [0.1, 0.15) is 28.8 Å². The smallest absolute Gasteiger partial charge is 0.255 e. The van der Waals surface area contributed by atoms with Gasteiger partial charge in [-0.3, -0.25) is 9.52 Å². The molecule has 1 saturated heterocycles. The SMILES string of the molecule is CS(=O)(=O)Nc1ccc(C(=O)N2CCC(Cc3ccccc3)CC2)c(Cl)c1. The number of amides is 1. The van der Waals surface area contributed by atoms with E-state index in [0.29, 0.717) is 30.3 Å². The summed E-state index contributed by atoms with van der Waals surface area (Å²) in [5.74, 6) is 0.470. The fourth-order valence-electron chi connectivity index (χ4n) is 3.42. The van der Waals surface area contributed by atoms with Crippen LogP contribution >= 0.6 is 11.6 Å². The van der Waals surface area contributed by atoms with Gasteiger partial charge in [0, 0.05) is 18.8 Å². The Hall–Kier alpha value is -2.05. The lowest BCUT2D eigenvalue weighted by atomic mass is 9.90. The molecule has 5 nitrogen and oxygen atoms in total. The molecule has 7 heteroatoms. The van der Waals surface area contributed by atoms with E-state index in [2.05, 4.69) is 29.0 Å². The zero-order chi connectivity index (χ0) is 19.4. The molecule has 2 aromatic rings. The van der Waals surface area contributed by atoms with Crippen molar-refractivity contribution in [3.8, 4) is 0 Å². The molecule has 0 bridgehead atoms. The van der Waals surface area contributed by atoms with Crippen molar-refractivity contribution in [3.05, 3.63) is 64.7 Å². The summed E-state index contributed by atoms with van der Waals surface area (Å²) < 4.78 is 25.0. The zero-order valence-electron chi connectivity index (χ0n) is 15.2. The van der Waals surface area contributed by atoms with Crippen LogP contribution in [0.25, 0.3) is 0 Å². The van der Waals surface area contributed by atoms with Crippen molar-refractivity contribution in [2.75, 3.05) is 24.1 Å². The van der Waals surface area contributed by atoms with Gasteiger partial charge in [-0.05, 0) is 48.9 Å². The van der Waals surface area contributed by atoms with Crippen LogP contribution in [0, 0.1) is 5.92 Å². The number of hydrogen-bond donors (Lipinski definition) is 1. The fraction of sp³-hybridized carbons (Fsp3) is 0.350. The van der Waals surface area contributed by atoms with Gasteiger partial charge in [-0.25, -0.2) is 8.42 Å². The molecular weight excluding hydrogens is 384 g/mol. The standard InChI is InChI=1S/C20H23ClN2O3S/c1-27(25,26)22-17-7-8-18(19(21)14-17)20(24)23-11-9-16(10-12-23)13-15-5-3-2-4-6-15/h2-8,14,16,22H,9-13H2,1H3. The van der Waals surface area contributed by atoms with E-state index in [-0.39, 0.29) is 10.9 Å². The Balaban J connectivity index is 1.60. The van der Waals surface area contributed by atoms with E-state index in [9.17, 15) is 13.2 Å². The molecule has 3 rings (SSSR count). The van der Waals surface area contributed by atoms with Gasteiger partial charge in [0.15, 0.2) is 0 Å². The molecule has 1 fully saturated rings. The molecule has 0 atom stereocenters. The van der Waals surface area contributed by atoms with Crippen molar-refractivity contribution in [3.63, 3.8) is 0 Å². The highest BCUT2D eigenvalue weighted by Crippen LogP contribution is 2.26. The van der Waals surface area contributed by atoms with Gasteiger partial charge in [0.2, 0.25) is 10.0 Å². The van der Waals surface area contributed by atoms with Crippen molar-refractivity contribution in [1.82, 2.24) is 4.90 Å². The van der Waals surface area contributed by atoms with Crippen LogP contribution in [0.4, 0.5) is 5.69 Å². The minimum Gasteiger partial charge on any atom is -0.339 e. The van der Waals surface area contributed by atoms with Crippen LogP contribution in [0.3, 0.4) is 0 Å². The highest BCUT2D eigenvalue weighted by molar-refractivity contribution is 7.92. The fourth-order valence-corrected chi connectivity index (χ4v) is 4.24. The number of piperidine rings is 1. The number of hydrogen-bond acceptors (Lipinski definition) is 3. The van der Waals surface area contributed by atoms with E-state index in [4.69, 9.17) is 11.6 Å². The first-order valence-electron chi connectivity index (χ1n) is 8.92. The summed E-state index contributed by atoms with van der Waals surface area (Å²) in [5.41, 5.74) is 2.08. The van der Waals surface area contributed by atoms with Crippen LogP contribution in [-0.4, -0.2) is 38.6 Å². The molecule has 1 amide bonds. The number of likely N-dealkylation sites (tertiary alicyclic amines) is 1. The van der Waals surface area contributed by atoms with Crippen molar-refractivity contribution < 1.29 is 13.2 Å². The Labute approximate surface area is 165 Å². The summed E-state index contributed by atoms with van der Waals surface area (Å²) in [7, 11) is -3.38. The van der Waals surface area contributed by atoms with E-state index in [1.165, 1.54) is 11.6 Å². The second-order valence-corrected chi connectivity index (χ2v) is 9.15. The van der Waals surface area contributed by atoms with Gasteiger partial charge >= 0.3 is 0 Å². The predicted molar refractivity (Wildman–Crippen MR) is 109 cm³/mol. The number of carbonyl (C=O) groups excluding carboxylic acids is 1. The molecule has 27 heavy (non-hydrogen) atoms. The van der Waals surface area contributed by atoms with Crippen LogP contribution in [0.5, 0.6) is 0 Å². The largest absolute Gasteiger partial charge is 0.339 e. The van der Waals surface area contributed by atoms with Crippen LogP contribution in [-0.2, 0) is 16.4 Å². The number of nitrogens with one attached hydrogen (secondary N) is 1. The highest BCUT2D eigenvalue weighted by Gasteiger charge is 2.25. The third-order valence-corrected chi connectivity index (χ3v) is 5.69. The quantitative estimate of drug-likeness (QED) is 0.821. The van der Waals surface area contributed by atoms with Gasteiger partial charge < -0.3 is 4.90 Å². The summed E-state index contributed by atoms with van der Waals surface area (Å²) in [5, 5.41) is 0.250. The summed E-state index contributed by atoms with van der Waals surface area (Å²) in [6.45, 7) is 1.41. The minimum atomic E-state index is -3.38. The molecule has 0 unspecified atom stereocenters. The van der Waals surface area contributed by atoms with Gasteiger partial charge in [0.1, 0.15) is 0 Å². The van der Waals surface area contributed by atoms with E-state index >= 15 is 0 Å². The maximum atomic E-state index is 12.8. The number of rotatable bonds is 5. The third-order valence-electron chi connectivity index (χ3n) is 4.77. The Morgan fingerprint density at radius 2 is 1.81 bits per heavy atom. The number of benzene rings is 2. The summed E-state index contributed by atoms with van der Waals surface area (Å²) in [6, 6.07) is 15.0. The Bertz CT molecular complexity index is 908. The first-order chi connectivity index (χ1) is 12.8. The van der Waals surface area contributed by atoms with E-state index in [1.54, 1.807) is 12.1 Å². The topological polar surface area (TPSA) is 66.5 Å². The van der Waals surface area contributed by atoms with Crippen LogP contribution in [0.15, 0.2) is 48.5 Å². The lowest BCUT2D eigenvalue weighted by Crippen LogP contribution is -2.39. The molecule has 144 valence electrons. The summed E-state index contributed by atoms with van der Waals surface area (Å²) in [6.07, 6.45) is 4.03. The number of anilines is 1. The molecule has 2 aromatic carbocycles. The zero-order valence-corrected chi connectivity index (χ0v) is 16.8. The Morgan fingerprint density at radius 3 is 2.41 bits per heavy atom. The van der Waals surface area contributed by atoms with Crippen LogP contribution < -0.4 is 4.72 Å². The maximum Gasteiger partial charge on any atom is 0.255 e. The minimum absolute atomic E-state index is 0.107. The Morgan fingerprint density at radius 1 is 1.15 bits per heavy atom.